The number of carbonyl (C=O) groups excluding carboxylic acids is 1. The topological polar surface area (TPSA) is 155 Å². The molecule has 12 nitrogen and oxygen atoms in total. The third-order valence-electron chi connectivity index (χ3n) is 3.29. The summed E-state index contributed by atoms with van der Waals surface area (Å²) in [5.74, 6) is -0.184. The predicted molar refractivity (Wildman–Crippen MR) is 107 cm³/mol. The van der Waals surface area contributed by atoms with Gasteiger partial charge < -0.3 is 24.4 Å². The molecule has 0 spiro atoms. The third-order valence-corrected chi connectivity index (χ3v) is 3.90. The maximum absolute atomic E-state index is 11.9. The molecule has 13 heteroatoms. The number of rotatable bonds is 15. The van der Waals surface area contributed by atoms with Gasteiger partial charge in [0.15, 0.2) is 0 Å². The number of hydrogen-bond acceptors (Lipinski definition) is 10. The average molecular weight is 449 g/mol. The van der Waals surface area contributed by atoms with Gasteiger partial charge in [-0.2, -0.15) is 0 Å². The summed E-state index contributed by atoms with van der Waals surface area (Å²) in [7, 11) is -3.37. The SMILES string of the molecule is CC(C)NCC(COc1ccc(NS(C)(=O)=O)cc1)OC(=O)COCCO[N+](=O)[O-]. The minimum Gasteiger partial charge on any atom is -0.490 e. The lowest BCUT2D eigenvalue weighted by molar-refractivity contribution is -0.758. The Bertz CT molecular complexity index is 769. The van der Waals surface area contributed by atoms with Crippen LogP contribution in [0.15, 0.2) is 24.3 Å². The molecule has 0 saturated heterocycles. The highest BCUT2D eigenvalue weighted by Gasteiger charge is 2.16. The Labute approximate surface area is 175 Å². The maximum atomic E-state index is 11.9. The molecule has 1 rings (SSSR count). The molecule has 1 aromatic rings. The second-order valence-electron chi connectivity index (χ2n) is 6.49. The third kappa shape index (κ3) is 12.7. The van der Waals surface area contributed by atoms with Gasteiger partial charge in [-0.25, -0.2) is 13.2 Å². The second kappa shape index (κ2) is 12.8. The van der Waals surface area contributed by atoms with Crippen LogP contribution in [0, 0.1) is 10.1 Å². The number of esters is 1. The largest absolute Gasteiger partial charge is 0.490 e. The van der Waals surface area contributed by atoms with Crippen LogP contribution in [0.2, 0.25) is 0 Å². The predicted octanol–water partition coefficient (Wildman–Crippen LogP) is 0.572. The minimum absolute atomic E-state index is 0.0503. The average Bonchev–Trinajstić information content (AvgIpc) is 2.63. The lowest BCUT2D eigenvalue weighted by Gasteiger charge is -2.20. The van der Waals surface area contributed by atoms with Crippen molar-refractivity contribution in [2.45, 2.75) is 26.0 Å². The van der Waals surface area contributed by atoms with E-state index in [4.69, 9.17) is 14.2 Å². The smallest absolute Gasteiger partial charge is 0.332 e. The Kier molecular flexibility index (Phi) is 10.9. The van der Waals surface area contributed by atoms with Crippen molar-refractivity contribution in [1.82, 2.24) is 5.32 Å². The van der Waals surface area contributed by atoms with Gasteiger partial charge in [-0.3, -0.25) is 4.72 Å². The summed E-state index contributed by atoms with van der Waals surface area (Å²) in [5.41, 5.74) is 0.396. The molecular weight excluding hydrogens is 422 g/mol. The molecule has 1 aromatic carbocycles. The number of anilines is 1. The van der Waals surface area contributed by atoms with E-state index in [1.54, 1.807) is 24.3 Å². The fourth-order valence-corrected chi connectivity index (χ4v) is 2.63. The van der Waals surface area contributed by atoms with Crippen molar-refractivity contribution in [3.05, 3.63) is 34.4 Å². The van der Waals surface area contributed by atoms with Crippen molar-refractivity contribution >= 4 is 21.7 Å². The van der Waals surface area contributed by atoms with Crippen molar-refractivity contribution in [2.24, 2.45) is 0 Å². The van der Waals surface area contributed by atoms with Crippen LogP contribution in [0.25, 0.3) is 0 Å². The summed E-state index contributed by atoms with van der Waals surface area (Å²) in [6.45, 7) is 3.46. The number of nitrogens with one attached hydrogen (secondary N) is 2. The molecule has 0 fully saturated rings. The van der Waals surface area contributed by atoms with Gasteiger partial charge in [0, 0.05) is 18.3 Å². The van der Waals surface area contributed by atoms with E-state index >= 15 is 0 Å². The maximum Gasteiger partial charge on any atom is 0.332 e. The lowest BCUT2D eigenvalue weighted by atomic mass is 10.3. The Balaban J connectivity index is 2.51. The molecule has 0 aliphatic carbocycles. The Morgan fingerprint density at radius 2 is 1.87 bits per heavy atom. The van der Waals surface area contributed by atoms with E-state index in [9.17, 15) is 23.3 Å². The number of hydrogen-bond donors (Lipinski definition) is 2. The van der Waals surface area contributed by atoms with Gasteiger partial charge >= 0.3 is 5.97 Å². The zero-order chi connectivity index (χ0) is 22.6. The molecule has 0 saturated carbocycles. The van der Waals surface area contributed by atoms with Crippen LogP contribution >= 0.6 is 0 Å². The highest BCUT2D eigenvalue weighted by atomic mass is 32.2. The first kappa shape index (κ1) is 25.4. The Morgan fingerprint density at radius 1 is 1.20 bits per heavy atom. The molecular formula is C17H27N3O9S. The normalized spacial score (nSPS) is 12.3. The molecule has 0 aliphatic rings. The van der Waals surface area contributed by atoms with E-state index in [0.29, 0.717) is 18.0 Å². The summed E-state index contributed by atoms with van der Waals surface area (Å²) in [6, 6.07) is 6.42. The van der Waals surface area contributed by atoms with Crippen LogP contribution in [0.5, 0.6) is 5.75 Å². The molecule has 30 heavy (non-hydrogen) atoms. The molecule has 0 aromatic heterocycles. The number of ether oxygens (including phenoxy) is 3. The van der Waals surface area contributed by atoms with Gasteiger partial charge in [0.05, 0.1) is 12.9 Å². The van der Waals surface area contributed by atoms with Gasteiger partial charge in [-0.1, -0.05) is 13.8 Å². The summed E-state index contributed by atoms with van der Waals surface area (Å²) >= 11 is 0. The molecule has 1 unspecified atom stereocenters. The molecule has 0 radical (unpaired) electrons. The molecule has 0 heterocycles. The van der Waals surface area contributed by atoms with Crippen LogP contribution in [-0.4, -0.2) is 70.8 Å². The van der Waals surface area contributed by atoms with Crippen LogP contribution in [0.3, 0.4) is 0 Å². The number of benzene rings is 1. The van der Waals surface area contributed by atoms with Crippen LogP contribution < -0.4 is 14.8 Å². The monoisotopic (exact) mass is 449 g/mol. The standard InChI is InChI=1S/C17H27N3O9S/c1-13(2)18-10-16(29-17(21)12-26-8-9-28-20(22)23)11-27-15-6-4-14(5-7-15)19-30(3,24)25/h4-7,13,16,18-19H,8-12H2,1-3H3. The van der Waals surface area contributed by atoms with Crippen molar-refractivity contribution < 1.29 is 37.3 Å². The van der Waals surface area contributed by atoms with Gasteiger partial charge in [-0.15, -0.1) is 10.1 Å². The first-order valence-electron chi connectivity index (χ1n) is 9.03. The van der Waals surface area contributed by atoms with Gasteiger partial charge in [0.2, 0.25) is 10.0 Å². The van der Waals surface area contributed by atoms with Gasteiger partial charge in [0.25, 0.3) is 5.09 Å². The fourth-order valence-electron chi connectivity index (χ4n) is 2.07. The first-order valence-corrected chi connectivity index (χ1v) is 10.9. The van der Waals surface area contributed by atoms with Crippen LogP contribution in [-0.2, 0) is 29.1 Å². The fraction of sp³-hybridized carbons (Fsp3) is 0.588. The highest BCUT2D eigenvalue weighted by molar-refractivity contribution is 7.92. The molecule has 170 valence electrons. The van der Waals surface area contributed by atoms with Gasteiger partial charge in [-0.05, 0) is 24.3 Å². The molecule has 0 aliphatic heterocycles. The van der Waals surface area contributed by atoms with Crippen molar-refractivity contribution in [1.29, 1.82) is 0 Å². The zero-order valence-corrected chi connectivity index (χ0v) is 17.8. The van der Waals surface area contributed by atoms with Crippen molar-refractivity contribution in [3.63, 3.8) is 0 Å². The highest BCUT2D eigenvalue weighted by Crippen LogP contribution is 2.17. The molecule has 0 bridgehead atoms. The molecule has 0 amide bonds. The Morgan fingerprint density at radius 3 is 2.43 bits per heavy atom. The van der Waals surface area contributed by atoms with E-state index in [-0.39, 0.29) is 32.5 Å². The molecule has 2 N–H and O–H groups in total. The Hall–Kier alpha value is -2.64. The first-order chi connectivity index (χ1) is 14.0. The summed E-state index contributed by atoms with van der Waals surface area (Å²) < 4.78 is 40.7. The summed E-state index contributed by atoms with van der Waals surface area (Å²) in [6.07, 6.45) is 0.435. The number of sulfonamides is 1. The van der Waals surface area contributed by atoms with E-state index in [0.717, 1.165) is 6.26 Å². The van der Waals surface area contributed by atoms with E-state index in [2.05, 4.69) is 14.9 Å². The van der Waals surface area contributed by atoms with Crippen molar-refractivity contribution in [3.8, 4) is 5.75 Å². The van der Waals surface area contributed by atoms with E-state index < -0.39 is 27.2 Å². The number of carbonyl (C=O) groups is 1. The van der Waals surface area contributed by atoms with E-state index in [1.165, 1.54) is 0 Å². The quantitative estimate of drug-likeness (QED) is 0.168. The van der Waals surface area contributed by atoms with Crippen LogP contribution in [0.1, 0.15) is 13.8 Å². The molecule has 1 atom stereocenters. The summed E-state index contributed by atoms with van der Waals surface area (Å²) in [4.78, 5) is 26.0. The van der Waals surface area contributed by atoms with Gasteiger partial charge in [0.1, 0.15) is 31.7 Å². The summed E-state index contributed by atoms with van der Waals surface area (Å²) in [5, 5.41) is 12.2. The number of nitrogens with zero attached hydrogens (tertiary/aromatic N) is 1. The van der Waals surface area contributed by atoms with E-state index in [1.807, 2.05) is 13.8 Å². The van der Waals surface area contributed by atoms with Crippen molar-refractivity contribution in [2.75, 3.05) is 44.0 Å². The van der Waals surface area contributed by atoms with Crippen LogP contribution in [0.4, 0.5) is 5.69 Å². The lowest BCUT2D eigenvalue weighted by Crippen LogP contribution is -2.39. The minimum atomic E-state index is -3.37. The zero-order valence-electron chi connectivity index (χ0n) is 17.0. The second-order valence-corrected chi connectivity index (χ2v) is 8.24.